The lowest BCUT2D eigenvalue weighted by Crippen LogP contribution is -2.39. The van der Waals surface area contributed by atoms with Gasteiger partial charge in [-0.15, -0.1) is 11.3 Å². The minimum absolute atomic E-state index is 0.0959. The molecule has 1 aliphatic rings. The van der Waals surface area contributed by atoms with Crippen molar-refractivity contribution in [3.63, 3.8) is 0 Å². The van der Waals surface area contributed by atoms with Crippen LogP contribution in [0.25, 0.3) is 10.2 Å². The largest absolute Gasteiger partial charge is 0.397 e. The van der Waals surface area contributed by atoms with Gasteiger partial charge in [0.2, 0.25) is 0 Å². The highest BCUT2D eigenvalue weighted by molar-refractivity contribution is 7.21. The first-order valence-electron chi connectivity index (χ1n) is 6.36. The van der Waals surface area contributed by atoms with Gasteiger partial charge >= 0.3 is 0 Å². The Labute approximate surface area is 119 Å². The fourth-order valence-electron chi connectivity index (χ4n) is 2.06. The van der Waals surface area contributed by atoms with Crippen molar-refractivity contribution in [3.05, 3.63) is 23.2 Å². The van der Waals surface area contributed by atoms with E-state index < -0.39 is 0 Å². The molecule has 0 aromatic carbocycles. The Morgan fingerprint density at radius 3 is 3.20 bits per heavy atom. The highest BCUT2D eigenvalue weighted by atomic mass is 32.1. The molecule has 1 fully saturated rings. The van der Waals surface area contributed by atoms with E-state index in [4.69, 9.17) is 15.2 Å². The molecule has 0 bridgehead atoms. The summed E-state index contributed by atoms with van der Waals surface area (Å²) >= 11 is 1.30. The second-order valence-corrected chi connectivity index (χ2v) is 5.48. The van der Waals surface area contributed by atoms with Crippen molar-refractivity contribution in [2.75, 3.05) is 32.1 Å². The Bertz CT molecular complexity index is 622. The average molecular weight is 293 g/mol. The van der Waals surface area contributed by atoms with Crippen LogP contribution in [0.4, 0.5) is 5.69 Å². The second-order valence-electron chi connectivity index (χ2n) is 4.48. The van der Waals surface area contributed by atoms with Gasteiger partial charge in [0.25, 0.3) is 5.91 Å². The fraction of sp³-hybridized carbons (Fsp3) is 0.385. The molecule has 106 valence electrons. The van der Waals surface area contributed by atoms with Gasteiger partial charge in [-0.1, -0.05) is 0 Å². The first kappa shape index (κ1) is 13.3. The zero-order chi connectivity index (χ0) is 13.9. The average Bonchev–Trinajstić information content (AvgIpc) is 2.84. The summed E-state index contributed by atoms with van der Waals surface area (Å²) in [6, 6.07) is 3.67. The number of anilines is 1. The summed E-state index contributed by atoms with van der Waals surface area (Å²) in [7, 11) is 0. The molecule has 3 heterocycles. The minimum Gasteiger partial charge on any atom is -0.397 e. The number of hydrogen-bond acceptors (Lipinski definition) is 6. The van der Waals surface area contributed by atoms with E-state index in [9.17, 15) is 4.79 Å². The molecule has 1 amide bonds. The van der Waals surface area contributed by atoms with E-state index in [1.807, 2.05) is 6.07 Å². The molecule has 1 unspecified atom stereocenters. The van der Waals surface area contributed by atoms with Crippen LogP contribution in [0.2, 0.25) is 0 Å². The van der Waals surface area contributed by atoms with Gasteiger partial charge in [0.15, 0.2) is 0 Å². The summed E-state index contributed by atoms with van der Waals surface area (Å²) in [5.41, 5.74) is 6.49. The van der Waals surface area contributed by atoms with Crippen LogP contribution >= 0.6 is 11.3 Å². The molecular formula is C13H15N3O3S. The summed E-state index contributed by atoms with van der Waals surface area (Å²) < 4.78 is 10.8. The normalized spacial score (nSPS) is 19.1. The van der Waals surface area contributed by atoms with Crippen molar-refractivity contribution >= 4 is 33.1 Å². The van der Waals surface area contributed by atoms with Crippen molar-refractivity contribution < 1.29 is 14.3 Å². The number of carbonyl (C=O) groups is 1. The molecule has 1 saturated heterocycles. The maximum absolute atomic E-state index is 12.2. The number of thiophene rings is 1. The number of aromatic nitrogens is 1. The summed E-state index contributed by atoms with van der Waals surface area (Å²) in [5.74, 6) is -0.195. The molecule has 6 nitrogen and oxygen atoms in total. The number of hydrogen-bond donors (Lipinski definition) is 2. The Balaban J connectivity index is 1.70. The SMILES string of the molecule is Nc1c(C(=O)NCC2COCCO2)sc2ncccc12. The van der Waals surface area contributed by atoms with Gasteiger partial charge < -0.3 is 20.5 Å². The van der Waals surface area contributed by atoms with E-state index in [0.717, 1.165) is 10.2 Å². The number of nitrogen functional groups attached to an aromatic ring is 1. The zero-order valence-electron chi connectivity index (χ0n) is 10.8. The molecule has 20 heavy (non-hydrogen) atoms. The molecule has 0 saturated carbocycles. The number of nitrogens with one attached hydrogen (secondary N) is 1. The van der Waals surface area contributed by atoms with Crippen molar-refractivity contribution in [2.24, 2.45) is 0 Å². The Morgan fingerprint density at radius 1 is 1.55 bits per heavy atom. The van der Waals surface area contributed by atoms with Gasteiger partial charge in [-0.05, 0) is 12.1 Å². The number of fused-ring (bicyclic) bond motifs is 1. The Hall–Kier alpha value is -1.70. The van der Waals surface area contributed by atoms with Crippen LogP contribution in [0.1, 0.15) is 9.67 Å². The molecule has 0 aliphatic carbocycles. The maximum atomic E-state index is 12.2. The lowest BCUT2D eigenvalue weighted by atomic mass is 10.2. The number of amides is 1. The molecule has 3 rings (SSSR count). The first-order chi connectivity index (χ1) is 9.75. The summed E-state index contributed by atoms with van der Waals surface area (Å²) in [6.07, 6.45) is 1.59. The molecular weight excluding hydrogens is 278 g/mol. The summed E-state index contributed by atoms with van der Waals surface area (Å²) in [5, 5.41) is 3.65. The molecule has 1 aliphatic heterocycles. The van der Waals surface area contributed by atoms with Crippen LogP contribution in [0.15, 0.2) is 18.3 Å². The molecule has 3 N–H and O–H groups in total. The summed E-state index contributed by atoms with van der Waals surface area (Å²) in [6.45, 7) is 2.10. The van der Waals surface area contributed by atoms with Crippen molar-refractivity contribution in [2.45, 2.75) is 6.10 Å². The number of nitrogens with zero attached hydrogens (tertiary/aromatic N) is 1. The Morgan fingerprint density at radius 2 is 2.45 bits per heavy atom. The predicted molar refractivity (Wildman–Crippen MR) is 76.9 cm³/mol. The van der Waals surface area contributed by atoms with E-state index in [1.165, 1.54) is 11.3 Å². The first-order valence-corrected chi connectivity index (χ1v) is 7.18. The third-order valence-corrected chi connectivity index (χ3v) is 4.21. The van der Waals surface area contributed by atoms with Crippen LogP contribution in [0, 0.1) is 0 Å². The quantitative estimate of drug-likeness (QED) is 0.882. The van der Waals surface area contributed by atoms with Crippen LogP contribution in [0.3, 0.4) is 0 Å². The van der Waals surface area contributed by atoms with Crippen LogP contribution in [-0.2, 0) is 9.47 Å². The third-order valence-electron chi connectivity index (χ3n) is 3.09. The van der Waals surface area contributed by atoms with E-state index in [1.54, 1.807) is 12.3 Å². The standard InChI is InChI=1S/C13H15N3O3S/c14-10-9-2-1-3-15-13(9)20-11(10)12(17)16-6-8-7-18-4-5-19-8/h1-3,8H,4-7,14H2,(H,16,17). The number of rotatable bonds is 3. The third kappa shape index (κ3) is 2.60. The molecule has 0 radical (unpaired) electrons. The topological polar surface area (TPSA) is 86.5 Å². The Kier molecular flexibility index (Phi) is 3.81. The number of carbonyl (C=O) groups excluding carboxylic acids is 1. The van der Waals surface area contributed by atoms with Gasteiger partial charge in [0, 0.05) is 18.1 Å². The smallest absolute Gasteiger partial charge is 0.263 e. The fourth-order valence-corrected chi connectivity index (χ4v) is 3.04. The summed E-state index contributed by atoms with van der Waals surface area (Å²) in [4.78, 5) is 17.6. The molecule has 2 aromatic rings. The van der Waals surface area contributed by atoms with E-state index >= 15 is 0 Å². The van der Waals surface area contributed by atoms with Gasteiger partial charge in [0.1, 0.15) is 9.71 Å². The van der Waals surface area contributed by atoms with Gasteiger partial charge in [0.05, 0.1) is 31.6 Å². The van der Waals surface area contributed by atoms with Gasteiger partial charge in [-0.2, -0.15) is 0 Å². The van der Waals surface area contributed by atoms with Crippen molar-refractivity contribution in [3.8, 4) is 0 Å². The van der Waals surface area contributed by atoms with E-state index in [-0.39, 0.29) is 12.0 Å². The molecule has 0 spiro atoms. The molecule has 7 heteroatoms. The number of nitrogens with two attached hydrogens (primary N) is 1. The zero-order valence-corrected chi connectivity index (χ0v) is 11.6. The monoisotopic (exact) mass is 293 g/mol. The minimum atomic E-state index is -0.195. The van der Waals surface area contributed by atoms with Crippen molar-refractivity contribution in [1.82, 2.24) is 10.3 Å². The van der Waals surface area contributed by atoms with Gasteiger partial charge in [-0.3, -0.25) is 4.79 Å². The van der Waals surface area contributed by atoms with Crippen LogP contribution < -0.4 is 11.1 Å². The van der Waals surface area contributed by atoms with E-state index in [2.05, 4.69) is 10.3 Å². The number of pyridine rings is 1. The van der Waals surface area contributed by atoms with Gasteiger partial charge in [-0.25, -0.2) is 4.98 Å². The molecule has 1 atom stereocenters. The van der Waals surface area contributed by atoms with Crippen LogP contribution in [-0.4, -0.2) is 43.4 Å². The highest BCUT2D eigenvalue weighted by Gasteiger charge is 2.19. The maximum Gasteiger partial charge on any atom is 0.263 e. The van der Waals surface area contributed by atoms with E-state index in [0.29, 0.717) is 36.9 Å². The lowest BCUT2D eigenvalue weighted by Gasteiger charge is -2.22. The number of ether oxygens (including phenoxy) is 2. The second kappa shape index (κ2) is 5.74. The van der Waals surface area contributed by atoms with Crippen LogP contribution in [0.5, 0.6) is 0 Å². The predicted octanol–water partition coefficient (Wildman–Crippen LogP) is 1.02. The molecule has 2 aromatic heterocycles. The highest BCUT2D eigenvalue weighted by Crippen LogP contribution is 2.31. The van der Waals surface area contributed by atoms with Crippen molar-refractivity contribution in [1.29, 1.82) is 0 Å². The lowest BCUT2D eigenvalue weighted by molar-refractivity contribution is -0.0855.